The zero-order valence-corrected chi connectivity index (χ0v) is 23.6. The molecule has 3 unspecified atom stereocenters. The predicted octanol–water partition coefficient (Wildman–Crippen LogP) is 4.31. The van der Waals surface area contributed by atoms with Crippen molar-refractivity contribution in [3.05, 3.63) is 61.7 Å². The van der Waals surface area contributed by atoms with E-state index in [4.69, 9.17) is 4.74 Å². The Hall–Kier alpha value is -3.20. The van der Waals surface area contributed by atoms with Gasteiger partial charge < -0.3 is 14.6 Å². The standard InChI is InChI=1S/C21H23N5O4.C10H18/c1-30-17-11-25(21(29)24-19(17)27)18-20(28)26(16-8-3-2-7-15(16)23-18)14-9-12-5-4-6-13(10-14)22-12;1-8-5-6-9-3-2-4-10(8)7-9/h2-3,7-8,11-14,22H,4-6,9-10H2,1H3,(H,24,27,29);8-10H,2-7H2,1H3/t12-,13+,14?;8?,9-,10?/m.0/s1. The normalized spacial score (nSPS) is 29.4. The topological polar surface area (TPSA) is 111 Å². The SMILES string of the molecule is CC1CC[C@@H]2CCCC1C2.COc1cn(-c2nc3ccccc3n(C3C[C@H]4CCC[C@@H](C3)N4)c2=O)c(=O)[nH]c1=O. The second-order valence-corrected chi connectivity index (χ2v) is 12.4. The second-order valence-electron chi connectivity index (χ2n) is 12.4. The molecule has 40 heavy (non-hydrogen) atoms. The van der Waals surface area contributed by atoms with Gasteiger partial charge in [-0.1, -0.05) is 57.6 Å². The van der Waals surface area contributed by atoms with Crippen LogP contribution in [-0.2, 0) is 0 Å². The molecule has 9 heteroatoms. The molecule has 2 saturated carbocycles. The molecule has 1 aromatic carbocycles. The van der Waals surface area contributed by atoms with Crippen molar-refractivity contribution >= 4 is 11.0 Å². The van der Waals surface area contributed by atoms with Crippen molar-refractivity contribution < 1.29 is 4.74 Å². The summed E-state index contributed by atoms with van der Waals surface area (Å²) in [6.45, 7) is 2.45. The zero-order valence-electron chi connectivity index (χ0n) is 23.6. The lowest BCUT2D eigenvalue weighted by atomic mass is 9.67. The zero-order chi connectivity index (χ0) is 27.8. The summed E-state index contributed by atoms with van der Waals surface area (Å²) < 4.78 is 7.89. The van der Waals surface area contributed by atoms with Gasteiger partial charge in [-0.25, -0.2) is 14.3 Å². The Bertz CT molecular complexity index is 1530. The fourth-order valence-corrected chi connectivity index (χ4v) is 7.71. The lowest BCUT2D eigenvalue weighted by Crippen LogP contribution is -2.50. The maximum absolute atomic E-state index is 13.6. The predicted molar refractivity (Wildman–Crippen MR) is 155 cm³/mol. The molecule has 4 bridgehead atoms. The Labute approximate surface area is 234 Å². The monoisotopic (exact) mass is 547 g/mol. The first-order valence-electron chi connectivity index (χ1n) is 15.1. The third-order valence-electron chi connectivity index (χ3n) is 9.85. The van der Waals surface area contributed by atoms with E-state index in [1.807, 2.05) is 24.3 Å². The molecule has 4 aliphatic rings. The summed E-state index contributed by atoms with van der Waals surface area (Å²) in [5.74, 6) is 3.20. The number of methoxy groups -OCH3 is 1. The molecule has 2 aromatic heterocycles. The molecule has 2 aliphatic carbocycles. The van der Waals surface area contributed by atoms with Crippen molar-refractivity contribution in [3.63, 3.8) is 0 Å². The number of rotatable bonds is 3. The molecule has 0 spiro atoms. The van der Waals surface area contributed by atoms with Gasteiger partial charge in [0.2, 0.25) is 11.6 Å². The molecule has 7 rings (SSSR count). The maximum atomic E-state index is 13.6. The van der Waals surface area contributed by atoms with Crippen LogP contribution < -0.4 is 26.9 Å². The van der Waals surface area contributed by atoms with E-state index in [1.54, 1.807) is 17.4 Å². The summed E-state index contributed by atoms with van der Waals surface area (Å²) in [4.78, 5) is 44.7. The number of ether oxygens (including phenoxy) is 1. The number of hydrogen-bond donors (Lipinski definition) is 2. The molecule has 0 radical (unpaired) electrons. The maximum Gasteiger partial charge on any atom is 0.334 e. The van der Waals surface area contributed by atoms with Gasteiger partial charge in [0.1, 0.15) is 0 Å². The largest absolute Gasteiger partial charge is 0.490 e. The molecular formula is C31H41N5O4. The molecule has 2 aliphatic heterocycles. The second kappa shape index (κ2) is 11.4. The summed E-state index contributed by atoms with van der Waals surface area (Å²) >= 11 is 0. The van der Waals surface area contributed by atoms with Gasteiger partial charge in [-0.3, -0.25) is 14.6 Å². The van der Waals surface area contributed by atoms with Crippen molar-refractivity contribution in [2.24, 2.45) is 17.8 Å². The highest BCUT2D eigenvalue weighted by molar-refractivity contribution is 5.75. The van der Waals surface area contributed by atoms with Gasteiger partial charge in [0.05, 0.1) is 24.3 Å². The molecule has 214 valence electrons. The highest BCUT2D eigenvalue weighted by atomic mass is 16.5. The Balaban J connectivity index is 0.000000242. The number of hydrogen-bond acceptors (Lipinski definition) is 6. The number of aromatic amines is 1. The average Bonchev–Trinajstić information content (AvgIpc) is 2.95. The Kier molecular flexibility index (Phi) is 7.66. The summed E-state index contributed by atoms with van der Waals surface area (Å²) in [5.41, 5.74) is -0.358. The van der Waals surface area contributed by atoms with Gasteiger partial charge in [0.25, 0.3) is 11.1 Å². The molecule has 4 fully saturated rings. The number of aromatic nitrogens is 4. The van der Waals surface area contributed by atoms with Crippen molar-refractivity contribution in [3.8, 4) is 11.6 Å². The molecule has 2 saturated heterocycles. The number of para-hydroxylation sites is 2. The molecular weight excluding hydrogens is 506 g/mol. The lowest BCUT2D eigenvalue weighted by Gasteiger charge is -2.41. The summed E-state index contributed by atoms with van der Waals surface area (Å²) in [5, 5.41) is 3.65. The first kappa shape index (κ1) is 27.0. The third kappa shape index (κ3) is 5.28. The fourth-order valence-electron chi connectivity index (χ4n) is 7.71. The van der Waals surface area contributed by atoms with Crippen molar-refractivity contribution in [1.82, 2.24) is 24.4 Å². The number of nitrogens with zero attached hydrogens (tertiary/aromatic N) is 3. The first-order chi connectivity index (χ1) is 19.4. The van der Waals surface area contributed by atoms with Gasteiger partial charge in [0, 0.05) is 18.1 Å². The number of piperidine rings is 2. The average molecular weight is 548 g/mol. The van der Waals surface area contributed by atoms with Crippen LogP contribution in [0.3, 0.4) is 0 Å². The van der Waals surface area contributed by atoms with Crippen LogP contribution in [0.2, 0.25) is 0 Å². The van der Waals surface area contributed by atoms with E-state index >= 15 is 0 Å². The van der Waals surface area contributed by atoms with Crippen LogP contribution in [-0.4, -0.2) is 38.3 Å². The summed E-state index contributed by atoms with van der Waals surface area (Å²) in [6.07, 6.45) is 15.6. The lowest BCUT2D eigenvalue weighted by molar-refractivity contribution is 0.133. The van der Waals surface area contributed by atoms with Gasteiger partial charge in [-0.05, 0) is 62.0 Å². The molecule has 3 aromatic rings. The van der Waals surface area contributed by atoms with E-state index in [0.29, 0.717) is 17.6 Å². The van der Waals surface area contributed by atoms with E-state index in [0.717, 1.165) is 53.5 Å². The van der Waals surface area contributed by atoms with E-state index in [1.165, 1.54) is 45.4 Å². The van der Waals surface area contributed by atoms with E-state index in [-0.39, 0.29) is 23.2 Å². The van der Waals surface area contributed by atoms with Crippen molar-refractivity contribution in [2.45, 2.75) is 95.7 Å². The third-order valence-corrected chi connectivity index (χ3v) is 9.85. The van der Waals surface area contributed by atoms with Crippen LogP contribution in [0.25, 0.3) is 16.9 Å². The minimum absolute atomic E-state index is 0.0149. The van der Waals surface area contributed by atoms with Crippen LogP contribution in [0.4, 0.5) is 0 Å². The number of H-pyrrole nitrogens is 1. The van der Waals surface area contributed by atoms with Gasteiger partial charge in [-0.2, -0.15) is 0 Å². The van der Waals surface area contributed by atoms with Crippen LogP contribution >= 0.6 is 0 Å². The molecule has 4 heterocycles. The highest BCUT2D eigenvalue weighted by Gasteiger charge is 2.34. The molecule has 9 nitrogen and oxygen atoms in total. The Morgan fingerprint density at radius 2 is 1.68 bits per heavy atom. The van der Waals surface area contributed by atoms with Crippen LogP contribution in [0.15, 0.2) is 44.8 Å². The summed E-state index contributed by atoms with van der Waals surface area (Å²) in [7, 11) is 1.33. The minimum atomic E-state index is -0.727. The van der Waals surface area contributed by atoms with Gasteiger partial charge in [-0.15, -0.1) is 0 Å². The van der Waals surface area contributed by atoms with Crippen molar-refractivity contribution in [1.29, 1.82) is 0 Å². The van der Waals surface area contributed by atoms with Crippen LogP contribution in [0, 0.1) is 17.8 Å². The number of fused-ring (bicyclic) bond motifs is 5. The number of benzene rings is 1. The Morgan fingerprint density at radius 1 is 0.925 bits per heavy atom. The summed E-state index contributed by atoms with van der Waals surface area (Å²) in [6, 6.07) is 8.24. The molecule has 2 N–H and O–H groups in total. The van der Waals surface area contributed by atoms with E-state index < -0.39 is 11.2 Å². The number of nitrogens with one attached hydrogen (secondary N) is 2. The van der Waals surface area contributed by atoms with E-state index in [2.05, 4.69) is 22.2 Å². The minimum Gasteiger partial charge on any atom is -0.490 e. The smallest absolute Gasteiger partial charge is 0.334 e. The first-order valence-corrected chi connectivity index (χ1v) is 15.1. The fraction of sp³-hybridized carbons (Fsp3) is 0.613. The van der Waals surface area contributed by atoms with E-state index in [9.17, 15) is 14.4 Å². The van der Waals surface area contributed by atoms with Crippen molar-refractivity contribution in [2.75, 3.05) is 7.11 Å². The Morgan fingerprint density at radius 3 is 2.42 bits per heavy atom. The van der Waals surface area contributed by atoms with Gasteiger partial charge >= 0.3 is 5.69 Å². The van der Waals surface area contributed by atoms with Crippen LogP contribution in [0.5, 0.6) is 5.75 Å². The van der Waals surface area contributed by atoms with Gasteiger partial charge in [0.15, 0.2) is 0 Å². The quantitative estimate of drug-likeness (QED) is 0.506. The highest BCUT2D eigenvalue weighted by Crippen LogP contribution is 2.42. The molecule has 6 atom stereocenters. The molecule has 0 amide bonds. The van der Waals surface area contributed by atoms with Crippen LogP contribution in [0.1, 0.15) is 83.6 Å².